The molecule has 0 atom stereocenters. The maximum Gasteiger partial charge on any atom is 0.145 e. The first kappa shape index (κ1) is 13.7. The lowest BCUT2D eigenvalue weighted by Crippen LogP contribution is -1.81. The van der Waals surface area contributed by atoms with Gasteiger partial charge in [0.05, 0.1) is 10.9 Å². The van der Waals surface area contributed by atoms with Crippen LogP contribution in [0.3, 0.4) is 0 Å². The summed E-state index contributed by atoms with van der Waals surface area (Å²) in [4.78, 5) is 3.62. The van der Waals surface area contributed by atoms with Gasteiger partial charge in [0.1, 0.15) is 11.2 Å². The summed E-state index contributed by atoms with van der Waals surface area (Å²) in [6, 6.07) is 29.5. The molecule has 2 heteroatoms. The molecule has 2 aromatic heterocycles. The molecule has 6 rings (SSSR count). The van der Waals surface area contributed by atoms with E-state index in [9.17, 15) is 0 Å². The Morgan fingerprint density at radius 3 is 2.27 bits per heavy atom. The standard InChI is InChI=1S/C24H15NO/c1-2-8-15(9-3-1)18-14-19-16-10-5-7-13-21(16)26-24(19)22-17-11-4-6-12-20(17)25-23(18)22/h1-14,25H. The summed E-state index contributed by atoms with van der Waals surface area (Å²) in [7, 11) is 0. The molecule has 26 heavy (non-hydrogen) atoms. The minimum atomic E-state index is 0.930. The largest absolute Gasteiger partial charge is 0.455 e. The number of aromatic amines is 1. The minimum Gasteiger partial charge on any atom is -0.455 e. The highest BCUT2D eigenvalue weighted by Crippen LogP contribution is 2.42. The summed E-state index contributed by atoms with van der Waals surface area (Å²) in [5.41, 5.74) is 6.56. The number of nitrogens with one attached hydrogen (secondary N) is 1. The van der Waals surface area contributed by atoms with Crippen molar-refractivity contribution in [2.75, 3.05) is 0 Å². The molecule has 2 heterocycles. The molecule has 0 spiro atoms. The second kappa shape index (κ2) is 4.99. The van der Waals surface area contributed by atoms with E-state index < -0.39 is 0 Å². The van der Waals surface area contributed by atoms with E-state index in [-0.39, 0.29) is 0 Å². The molecule has 6 aromatic rings. The topological polar surface area (TPSA) is 28.9 Å². The molecular weight excluding hydrogens is 318 g/mol. The molecule has 0 unspecified atom stereocenters. The van der Waals surface area contributed by atoms with Gasteiger partial charge in [-0.15, -0.1) is 0 Å². The van der Waals surface area contributed by atoms with Gasteiger partial charge in [-0.3, -0.25) is 0 Å². The van der Waals surface area contributed by atoms with Crippen molar-refractivity contribution in [1.82, 2.24) is 4.98 Å². The van der Waals surface area contributed by atoms with Gasteiger partial charge in [0.25, 0.3) is 0 Å². The van der Waals surface area contributed by atoms with Crippen LogP contribution < -0.4 is 0 Å². The number of aromatic nitrogens is 1. The monoisotopic (exact) mass is 333 g/mol. The number of H-pyrrole nitrogens is 1. The van der Waals surface area contributed by atoms with Crippen LogP contribution in [0.15, 0.2) is 89.3 Å². The second-order valence-electron chi connectivity index (χ2n) is 6.69. The van der Waals surface area contributed by atoms with Crippen LogP contribution in [0.2, 0.25) is 0 Å². The number of hydrogen-bond acceptors (Lipinski definition) is 1. The maximum atomic E-state index is 6.30. The number of rotatable bonds is 1. The molecule has 0 radical (unpaired) electrons. The Kier molecular flexibility index (Phi) is 2.64. The lowest BCUT2D eigenvalue weighted by atomic mass is 9.98. The van der Waals surface area contributed by atoms with Gasteiger partial charge < -0.3 is 9.40 Å². The van der Waals surface area contributed by atoms with Crippen molar-refractivity contribution >= 4 is 43.7 Å². The highest BCUT2D eigenvalue weighted by Gasteiger charge is 2.18. The highest BCUT2D eigenvalue weighted by atomic mass is 16.3. The summed E-state index contributed by atoms with van der Waals surface area (Å²) in [6.45, 7) is 0. The molecule has 1 N–H and O–H groups in total. The van der Waals surface area contributed by atoms with Gasteiger partial charge in [-0.2, -0.15) is 0 Å². The first-order valence-electron chi connectivity index (χ1n) is 8.80. The molecule has 0 amide bonds. The molecule has 0 aliphatic heterocycles. The van der Waals surface area contributed by atoms with Gasteiger partial charge in [-0.1, -0.05) is 66.7 Å². The van der Waals surface area contributed by atoms with E-state index in [1.165, 1.54) is 16.5 Å². The van der Waals surface area contributed by atoms with E-state index in [1.807, 2.05) is 12.1 Å². The smallest absolute Gasteiger partial charge is 0.145 e. The summed E-state index contributed by atoms with van der Waals surface area (Å²) in [5.74, 6) is 0. The highest BCUT2D eigenvalue weighted by molar-refractivity contribution is 6.26. The quantitative estimate of drug-likeness (QED) is 0.349. The Labute approximate surface area is 149 Å². The zero-order valence-corrected chi connectivity index (χ0v) is 14.0. The predicted octanol–water partition coefficient (Wildman–Crippen LogP) is 6.89. The zero-order valence-electron chi connectivity index (χ0n) is 14.0. The number of fused-ring (bicyclic) bond motifs is 7. The van der Waals surface area contributed by atoms with Gasteiger partial charge in [0, 0.05) is 27.2 Å². The molecule has 0 bridgehead atoms. The first-order chi connectivity index (χ1) is 12.9. The van der Waals surface area contributed by atoms with Crippen molar-refractivity contribution in [3.63, 3.8) is 0 Å². The van der Waals surface area contributed by atoms with E-state index >= 15 is 0 Å². The van der Waals surface area contributed by atoms with Crippen LogP contribution in [-0.2, 0) is 0 Å². The molecule has 4 aromatic carbocycles. The Morgan fingerprint density at radius 2 is 1.38 bits per heavy atom. The van der Waals surface area contributed by atoms with E-state index in [1.54, 1.807) is 0 Å². The second-order valence-corrected chi connectivity index (χ2v) is 6.69. The van der Waals surface area contributed by atoms with Gasteiger partial charge in [0.2, 0.25) is 0 Å². The van der Waals surface area contributed by atoms with Crippen LogP contribution in [0.1, 0.15) is 0 Å². The fourth-order valence-corrected chi connectivity index (χ4v) is 4.04. The van der Waals surface area contributed by atoms with Gasteiger partial charge >= 0.3 is 0 Å². The third-order valence-electron chi connectivity index (χ3n) is 5.21. The van der Waals surface area contributed by atoms with Crippen molar-refractivity contribution in [3.05, 3.63) is 84.9 Å². The third-order valence-corrected chi connectivity index (χ3v) is 5.21. The van der Waals surface area contributed by atoms with Crippen molar-refractivity contribution in [2.24, 2.45) is 0 Å². The van der Waals surface area contributed by atoms with E-state index in [2.05, 4.69) is 77.8 Å². The average Bonchev–Trinajstić information content (AvgIpc) is 3.26. The molecular formula is C24H15NO. The van der Waals surface area contributed by atoms with Crippen molar-refractivity contribution < 1.29 is 4.42 Å². The molecule has 0 saturated carbocycles. The fourth-order valence-electron chi connectivity index (χ4n) is 4.04. The first-order valence-corrected chi connectivity index (χ1v) is 8.80. The van der Waals surface area contributed by atoms with Crippen LogP contribution in [0, 0.1) is 0 Å². The molecule has 0 fully saturated rings. The maximum absolute atomic E-state index is 6.30. The van der Waals surface area contributed by atoms with Crippen LogP contribution in [-0.4, -0.2) is 4.98 Å². The van der Waals surface area contributed by atoms with Crippen LogP contribution >= 0.6 is 0 Å². The fraction of sp³-hybridized carbons (Fsp3) is 0. The van der Waals surface area contributed by atoms with Gasteiger partial charge in [-0.25, -0.2) is 0 Å². The number of hydrogen-bond donors (Lipinski definition) is 1. The normalized spacial score (nSPS) is 11.8. The van der Waals surface area contributed by atoms with Gasteiger partial charge in [0.15, 0.2) is 0 Å². The summed E-state index contributed by atoms with van der Waals surface area (Å²) in [6.07, 6.45) is 0. The van der Waals surface area contributed by atoms with Crippen LogP contribution in [0.25, 0.3) is 54.9 Å². The summed E-state index contributed by atoms with van der Waals surface area (Å²) in [5, 5.41) is 4.68. The SMILES string of the molecule is c1ccc(-c2cc3c4ccccc4oc3c3c2[nH]c2ccccc23)cc1. The van der Waals surface area contributed by atoms with E-state index in [4.69, 9.17) is 4.42 Å². The Hall–Kier alpha value is -3.52. The van der Waals surface area contributed by atoms with Crippen LogP contribution in [0.4, 0.5) is 0 Å². The molecule has 122 valence electrons. The van der Waals surface area contributed by atoms with Crippen molar-refractivity contribution in [1.29, 1.82) is 0 Å². The minimum absolute atomic E-state index is 0.930. The Morgan fingerprint density at radius 1 is 0.654 bits per heavy atom. The molecule has 0 aliphatic carbocycles. The average molecular weight is 333 g/mol. The lowest BCUT2D eigenvalue weighted by molar-refractivity contribution is 0.673. The summed E-state index contributed by atoms with van der Waals surface area (Å²) < 4.78 is 6.30. The van der Waals surface area contributed by atoms with E-state index in [0.717, 1.165) is 38.4 Å². The zero-order chi connectivity index (χ0) is 17.1. The Bertz CT molecular complexity index is 1420. The number of benzene rings is 4. The number of para-hydroxylation sites is 2. The van der Waals surface area contributed by atoms with Crippen molar-refractivity contribution in [3.8, 4) is 11.1 Å². The van der Waals surface area contributed by atoms with Crippen molar-refractivity contribution in [2.45, 2.75) is 0 Å². The summed E-state index contributed by atoms with van der Waals surface area (Å²) >= 11 is 0. The lowest BCUT2D eigenvalue weighted by Gasteiger charge is -2.05. The van der Waals surface area contributed by atoms with Crippen LogP contribution in [0.5, 0.6) is 0 Å². The predicted molar refractivity (Wildman–Crippen MR) is 109 cm³/mol. The molecule has 0 aliphatic rings. The number of furan rings is 1. The molecule has 0 saturated heterocycles. The Balaban J connectivity index is 1.92. The molecule has 2 nitrogen and oxygen atoms in total. The van der Waals surface area contributed by atoms with E-state index in [0.29, 0.717) is 0 Å². The third kappa shape index (κ3) is 1.76. The van der Waals surface area contributed by atoms with Gasteiger partial charge in [-0.05, 0) is 23.8 Å².